The molecule has 1 aromatic rings. The Bertz CT molecular complexity index is 278. The maximum Gasteiger partial charge on any atom is 0.134 e. The number of hydrogen-bond donors (Lipinski definition) is 3. The fraction of sp³-hybridized carbons (Fsp3) is 0.250. The second kappa shape index (κ2) is 3.76. The lowest BCUT2D eigenvalue weighted by Gasteiger charge is -2.08. The maximum atomic E-state index is 9.28. The molecule has 0 fully saturated rings. The first kappa shape index (κ1) is 9.32. The van der Waals surface area contributed by atoms with E-state index in [1.807, 2.05) is 0 Å². The number of rotatable bonds is 2. The van der Waals surface area contributed by atoms with Gasteiger partial charge >= 0.3 is 0 Å². The van der Waals surface area contributed by atoms with Crippen LogP contribution in [0.1, 0.15) is 11.7 Å². The molecule has 0 aliphatic rings. The van der Waals surface area contributed by atoms with Gasteiger partial charge in [-0.05, 0) is 17.7 Å². The summed E-state index contributed by atoms with van der Waals surface area (Å²) in [6.07, 6.45) is -0.719. The van der Waals surface area contributed by atoms with Gasteiger partial charge in [0.1, 0.15) is 5.75 Å². The molecule has 0 amide bonds. The highest BCUT2D eigenvalue weighted by molar-refractivity contribution is 6.32. The van der Waals surface area contributed by atoms with Crippen molar-refractivity contribution in [1.29, 1.82) is 0 Å². The second-order valence-electron chi connectivity index (χ2n) is 2.46. The maximum absolute atomic E-state index is 9.28. The van der Waals surface area contributed by atoms with E-state index >= 15 is 0 Å². The molecular formula is C8H10ClNO2. The average molecular weight is 188 g/mol. The summed E-state index contributed by atoms with van der Waals surface area (Å²) in [4.78, 5) is 0. The summed E-state index contributed by atoms with van der Waals surface area (Å²) in [6, 6.07) is 4.50. The van der Waals surface area contributed by atoms with Gasteiger partial charge in [-0.2, -0.15) is 0 Å². The van der Waals surface area contributed by atoms with Crippen LogP contribution in [-0.2, 0) is 0 Å². The minimum atomic E-state index is -0.719. The van der Waals surface area contributed by atoms with Crippen LogP contribution in [0.5, 0.6) is 5.75 Å². The summed E-state index contributed by atoms with van der Waals surface area (Å²) in [5.41, 5.74) is 5.85. The van der Waals surface area contributed by atoms with Gasteiger partial charge in [0, 0.05) is 6.54 Å². The summed E-state index contributed by atoms with van der Waals surface area (Å²) in [6.45, 7) is 0.140. The molecule has 12 heavy (non-hydrogen) atoms. The molecule has 1 rings (SSSR count). The monoisotopic (exact) mass is 187 g/mol. The molecule has 4 heteroatoms. The fourth-order valence-corrected chi connectivity index (χ4v) is 1.06. The second-order valence-corrected chi connectivity index (χ2v) is 2.87. The van der Waals surface area contributed by atoms with E-state index < -0.39 is 6.10 Å². The van der Waals surface area contributed by atoms with Gasteiger partial charge in [0.2, 0.25) is 0 Å². The molecule has 3 nitrogen and oxygen atoms in total. The van der Waals surface area contributed by atoms with Gasteiger partial charge in [0.25, 0.3) is 0 Å². The first-order valence-corrected chi connectivity index (χ1v) is 3.89. The van der Waals surface area contributed by atoms with Crippen molar-refractivity contribution >= 4 is 11.6 Å². The summed E-state index contributed by atoms with van der Waals surface area (Å²) < 4.78 is 0. The van der Waals surface area contributed by atoms with E-state index in [9.17, 15) is 5.11 Å². The van der Waals surface area contributed by atoms with Crippen LogP contribution in [0.4, 0.5) is 0 Å². The normalized spacial score (nSPS) is 12.9. The van der Waals surface area contributed by atoms with Crippen molar-refractivity contribution in [3.63, 3.8) is 0 Å². The van der Waals surface area contributed by atoms with Gasteiger partial charge in [0.15, 0.2) is 0 Å². The molecule has 0 saturated carbocycles. The Morgan fingerprint density at radius 1 is 1.50 bits per heavy atom. The topological polar surface area (TPSA) is 66.5 Å². The number of aliphatic hydroxyl groups is 1. The molecule has 0 spiro atoms. The van der Waals surface area contributed by atoms with Crippen LogP contribution in [0.15, 0.2) is 18.2 Å². The predicted molar refractivity (Wildman–Crippen MR) is 47.1 cm³/mol. The minimum absolute atomic E-state index is 0.00429. The van der Waals surface area contributed by atoms with Crippen molar-refractivity contribution in [2.45, 2.75) is 6.10 Å². The van der Waals surface area contributed by atoms with Crippen molar-refractivity contribution in [1.82, 2.24) is 0 Å². The standard InChI is InChI=1S/C8H10ClNO2/c9-6-3-5(8(12)4-10)1-2-7(6)11/h1-3,8,11-12H,4,10H2. The van der Waals surface area contributed by atoms with E-state index in [0.717, 1.165) is 0 Å². The molecule has 0 aromatic heterocycles. The van der Waals surface area contributed by atoms with Crippen molar-refractivity contribution in [2.24, 2.45) is 5.73 Å². The fourth-order valence-electron chi connectivity index (χ4n) is 0.867. The number of benzene rings is 1. The summed E-state index contributed by atoms with van der Waals surface area (Å²) in [5.74, 6) is 0.00429. The van der Waals surface area contributed by atoms with Gasteiger partial charge in [-0.25, -0.2) is 0 Å². The lowest BCUT2D eigenvalue weighted by Crippen LogP contribution is -2.11. The van der Waals surface area contributed by atoms with Crippen LogP contribution in [-0.4, -0.2) is 16.8 Å². The van der Waals surface area contributed by atoms with Crippen LogP contribution in [0.25, 0.3) is 0 Å². The van der Waals surface area contributed by atoms with Crippen molar-refractivity contribution in [2.75, 3.05) is 6.54 Å². The Morgan fingerprint density at radius 3 is 2.67 bits per heavy atom. The van der Waals surface area contributed by atoms with Crippen LogP contribution in [0.3, 0.4) is 0 Å². The van der Waals surface area contributed by atoms with Gasteiger partial charge in [-0.1, -0.05) is 17.7 Å². The Morgan fingerprint density at radius 2 is 2.17 bits per heavy atom. The van der Waals surface area contributed by atoms with Crippen LogP contribution >= 0.6 is 11.6 Å². The SMILES string of the molecule is NCC(O)c1ccc(O)c(Cl)c1. The van der Waals surface area contributed by atoms with E-state index in [2.05, 4.69) is 0 Å². The van der Waals surface area contributed by atoms with Crippen molar-refractivity contribution in [3.05, 3.63) is 28.8 Å². The quantitative estimate of drug-likeness (QED) is 0.648. The van der Waals surface area contributed by atoms with Crippen LogP contribution < -0.4 is 5.73 Å². The first-order valence-electron chi connectivity index (χ1n) is 3.51. The number of phenols is 1. The molecule has 0 radical (unpaired) electrons. The third-order valence-corrected chi connectivity index (χ3v) is 1.88. The van der Waals surface area contributed by atoms with Crippen LogP contribution in [0.2, 0.25) is 5.02 Å². The van der Waals surface area contributed by atoms with Crippen molar-refractivity contribution in [3.8, 4) is 5.75 Å². The smallest absolute Gasteiger partial charge is 0.134 e. The molecule has 66 valence electrons. The first-order chi connectivity index (χ1) is 5.65. The highest BCUT2D eigenvalue weighted by Gasteiger charge is 2.06. The lowest BCUT2D eigenvalue weighted by molar-refractivity contribution is 0.186. The Balaban J connectivity index is 2.96. The number of halogens is 1. The molecule has 0 heterocycles. The number of hydrogen-bond acceptors (Lipinski definition) is 3. The van der Waals surface area contributed by atoms with E-state index in [1.54, 1.807) is 6.07 Å². The zero-order chi connectivity index (χ0) is 9.14. The predicted octanol–water partition coefficient (Wildman–Crippen LogP) is 1.04. The van der Waals surface area contributed by atoms with E-state index in [4.69, 9.17) is 22.4 Å². The van der Waals surface area contributed by atoms with E-state index in [1.165, 1.54) is 12.1 Å². The van der Waals surface area contributed by atoms with Gasteiger partial charge < -0.3 is 15.9 Å². The van der Waals surface area contributed by atoms with E-state index in [-0.39, 0.29) is 17.3 Å². The molecule has 0 aliphatic carbocycles. The highest BCUT2D eigenvalue weighted by Crippen LogP contribution is 2.26. The third kappa shape index (κ3) is 1.88. The summed E-state index contributed by atoms with van der Waals surface area (Å²) >= 11 is 5.61. The minimum Gasteiger partial charge on any atom is -0.506 e. The highest BCUT2D eigenvalue weighted by atomic mass is 35.5. The zero-order valence-electron chi connectivity index (χ0n) is 6.37. The molecule has 0 bridgehead atoms. The van der Waals surface area contributed by atoms with E-state index in [0.29, 0.717) is 5.56 Å². The van der Waals surface area contributed by atoms with Crippen LogP contribution in [0, 0.1) is 0 Å². The van der Waals surface area contributed by atoms with Crippen molar-refractivity contribution < 1.29 is 10.2 Å². The number of nitrogens with two attached hydrogens (primary N) is 1. The third-order valence-electron chi connectivity index (χ3n) is 1.58. The summed E-state index contributed by atoms with van der Waals surface area (Å²) in [7, 11) is 0. The molecule has 4 N–H and O–H groups in total. The molecular weight excluding hydrogens is 178 g/mol. The number of phenolic OH excluding ortho intramolecular Hbond substituents is 1. The Hall–Kier alpha value is -0.770. The van der Waals surface area contributed by atoms with Gasteiger partial charge in [0.05, 0.1) is 11.1 Å². The number of aromatic hydroxyl groups is 1. The van der Waals surface area contributed by atoms with Gasteiger partial charge in [-0.3, -0.25) is 0 Å². The number of aliphatic hydroxyl groups excluding tert-OH is 1. The lowest BCUT2D eigenvalue weighted by atomic mass is 10.1. The Kier molecular flexibility index (Phi) is 2.92. The largest absolute Gasteiger partial charge is 0.506 e. The molecule has 1 atom stereocenters. The zero-order valence-corrected chi connectivity index (χ0v) is 7.12. The molecule has 0 aliphatic heterocycles. The Labute approximate surface area is 75.4 Å². The molecule has 0 saturated heterocycles. The molecule has 1 aromatic carbocycles. The van der Waals surface area contributed by atoms with Gasteiger partial charge in [-0.15, -0.1) is 0 Å². The molecule has 1 unspecified atom stereocenters. The average Bonchev–Trinajstić information content (AvgIpc) is 2.08. The summed E-state index contributed by atoms with van der Waals surface area (Å²) in [5, 5.41) is 18.6.